The largest absolute Gasteiger partial charge is 0.331 e. The van der Waals surface area contributed by atoms with E-state index in [9.17, 15) is 4.79 Å². The maximum Gasteiger partial charge on any atom is 0.331 e. The van der Waals surface area contributed by atoms with E-state index in [1.807, 2.05) is 49.4 Å². The van der Waals surface area contributed by atoms with Crippen molar-refractivity contribution in [2.24, 2.45) is 4.99 Å². The molecule has 2 aromatic carbocycles. The molecule has 1 aliphatic rings. The molecule has 2 amide bonds. The van der Waals surface area contributed by atoms with E-state index in [1.165, 1.54) is 11.1 Å². The van der Waals surface area contributed by atoms with Gasteiger partial charge in [-0.3, -0.25) is 9.89 Å². The summed E-state index contributed by atoms with van der Waals surface area (Å²) >= 11 is 0. The summed E-state index contributed by atoms with van der Waals surface area (Å²) in [6, 6.07) is 13.7. The number of carbonyl (C=O) groups excluding carboxylic acids is 1. The van der Waals surface area contributed by atoms with Crippen molar-refractivity contribution in [3.05, 3.63) is 59.2 Å². The highest BCUT2D eigenvalue weighted by atomic mass is 16.2. The van der Waals surface area contributed by atoms with E-state index in [-0.39, 0.29) is 6.03 Å². The average molecular weight is 321 g/mol. The van der Waals surface area contributed by atoms with Crippen molar-refractivity contribution in [3.63, 3.8) is 0 Å². The summed E-state index contributed by atoms with van der Waals surface area (Å²) < 4.78 is 0. The van der Waals surface area contributed by atoms with Crippen molar-refractivity contribution in [1.29, 1.82) is 0 Å². The number of nitrogens with one attached hydrogen (secondary N) is 1. The Bertz CT molecular complexity index is 795. The van der Waals surface area contributed by atoms with Crippen LogP contribution in [0.5, 0.6) is 0 Å². The van der Waals surface area contributed by atoms with Gasteiger partial charge in [0, 0.05) is 18.7 Å². The molecule has 1 aliphatic heterocycles. The second kappa shape index (κ2) is 6.87. The molecule has 0 saturated carbocycles. The minimum absolute atomic E-state index is 0.159. The van der Waals surface area contributed by atoms with Gasteiger partial charge in [0.2, 0.25) is 0 Å². The van der Waals surface area contributed by atoms with Gasteiger partial charge in [-0.1, -0.05) is 24.3 Å². The maximum atomic E-state index is 13.0. The van der Waals surface area contributed by atoms with Gasteiger partial charge in [-0.2, -0.15) is 0 Å². The average Bonchev–Trinajstić information content (AvgIpc) is 3.07. The van der Waals surface area contributed by atoms with Crippen molar-refractivity contribution in [1.82, 2.24) is 0 Å². The molecule has 1 N–H and O–H groups in total. The fraction of sp³-hybridized carbons (Fsp3) is 0.300. The molecule has 0 fully saturated rings. The van der Waals surface area contributed by atoms with Crippen molar-refractivity contribution < 1.29 is 4.79 Å². The van der Waals surface area contributed by atoms with Crippen LogP contribution in [0, 0.1) is 20.8 Å². The third-order valence-corrected chi connectivity index (χ3v) is 4.45. The fourth-order valence-electron chi connectivity index (χ4n) is 2.84. The highest BCUT2D eigenvalue weighted by Crippen LogP contribution is 2.24. The lowest BCUT2D eigenvalue weighted by Gasteiger charge is -2.24. The minimum atomic E-state index is -0.159. The molecule has 3 rings (SSSR count). The van der Waals surface area contributed by atoms with Gasteiger partial charge in [-0.25, -0.2) is 4.79 Å². The number of amides is 2. The zero-order valence-corrected chi connectivity index (χ0v) is 14.5. The standard InChI is InChI=1S/C20H23N3O/c1-14-10-11-17(13-16(14)3)23(19-9-6-12-21-19)20(24)22-18-8-5-4-7-15(18)2/h4-5,7-8,10-11,13H,6,9,12H2,1-3H3,(H,22,24). The van der Waals surface area contributed by atoms with Crippen LogP contribution >= 0.6 is 0 Å². The molecule has 4 heteroatoms. The van der Waals surface area contributed by atoms with Crippen molar-refractivity contribution in [2.45, 2.75) is 33.6 Å². The van der Waals surface area contributed by atoms with Crippen LogP contribution in [-0.2, 0) is 0 Å². The second-order valence-electron chi connectivity index (χ2n) is 6.25. The topological polar surface area (TPSA) is 44.7 Å². The summed E-state index contributed by atoms with van der Waals surface area (Å²) in [6.45, 7) is 6.91. The van der Waals surface area contributed by atoms with Gasteiger partial charge >= 0.3 is 6.03 Å². The molecule has 0 aliphatic carbocycles. The Balaban J connectivity index is 1.94. The molecule has 0 spiro atoms. The highest BCUT2D eigenvalue weighted by Gasteiger charge is 2.24. The Hall–Kier alpha value is -2.62. The number of carbonyl (C=O) groups is 1. The first-order valence-electron chi connectivity index (χ1n) is 8.33. The molecular formula is C20H23N3O. The van der Waals surface area contributed by atoms with E-state index in [4.69, 9.17) is 0 Å². The number of amidine groups is 1. The summed E-state index contributed by atoms with van der Waals surface area (Å²) in [4.78, 5) is 19.2. The Morgan fingerprint density at radius 2 is 1.83 bits per heavy atom. The van der Waals surface area contributed by atoms with Crippen molar-refractivity contribution in [3.8, 4) is 0 Å². The number of para-hydroxylation sites is 1. The van der Waals surface area contributed by atoms with Crippen LogP contribution in [0.1, 0.15) is 29.5 Å². The van der Waals surface area contributed by atoms with E-state index >= 15 is 0 Å². The molecule has 24 heavy (non-hydrogen) atoms. The van der Waals surface area contributed by atoms with Crippen LogP contribution < -0.4 is 10.2 Å². The van der Waals surface area contributed by atoms with E-state index in [0.29, 0.717) is 0 Å². The number of aryl methyl sites for hydroxylation is 3. The summed E-state index contributed by atoms with van der Waals surface area (Å²) in [7, 11) is 0. The molecule has 124 valence electrons. The number of hydrogen-bond donors (Lipinski definition) is 1. The Labute approximate surface area is 143 Å². The predicted octanol–water partition coefficient (Wildman–Crippen LogP) is 4.84. The number of anilines is 2. The number of rotatable bonds is 2. The van der Waals surface area contributed by atoms with Crippen LogP contribution in [-0.4, -0.2) is 18.4 Å². The lowest BCUT2D eigenvalue weighted by Crippen LogP contribution is -2.39. The van der Waals surface area contributed by atoms with Gasteiger partial charge < -0.3 is 5.32 Å². The Morgan fingerprint density at radius 1 is 1.04 bits per heavy atom. The van der Waals surface area contributed by atoms with Crippen LogP contribution in [0.4, 0.5) is 16.2 Å². The fourth-order valence-corrected chi connectivity index (χ4v) is 2.84. The Kier molecular flexibility index (Phi) is 4.65. The summed E-state index contributed by atoms with van der Waals surface area (Å²) in [5.74, 6) is 0.837. The molecule has 2 aromatic rings. The maximum absolute atomic E-state index is 13.0. The van der Waals surface area contributed by atoms with E-state index in [1.54, 1.807) is 4.90 Å². The van der Waals surface area contributed by atoms with Gasteiger partial charge in [0.05, 0.1) is 5.69 Å². The number of aliphatic imine (C=N–C) groups is 1. The molecule has 0 unspecified atom stereocenters. The monoisotopic (exact) mass is 321 g/mol. The molecule has 4 nitrogen and oxygen atoms in total. The molecule has 0 radical (unpaired) electrons. The van der Waals surface area contributed by atoms with Crippen LogP contribution in [0.15, 0.2) is 47.5 Å². The summed E-state index contributed by atoms with van der Waals surface area (Å²) in [5.41, 5.74) is 5.12. The molecule has 0 bridgehead atoms. The first kappa shape index (κ1) is 16.2. The zero-order valence-electron chi connectivity index (χ0n) is 14.5. The summed E-state index contributed by atoms with van der Waals surface area (Å²) in [5, 5.41) is 3.03. The van der Waals surface area contributed by atoms with E-state index < -0.39 is 0 Å². The SMILES string of the molecule is Cc1ccc(N(C(=O)Nc2ccccc2C)C2=NCCC2)cc1C. The van der Waals surface area contributed by atoms with Gasteiger partial charge in [-0.05, 0) is 62.1 Å². The van der Waals surface area contributed by atoms with Gasteiger partial charge in [-0.15, -0.1) is 0 Å². The number of nitrogens with zero attached hydrogens (tertiary/aromatic N) is 2. The predicted molar refractivity (Wildman–Crippen MR) is 100 cm³/mol. The number of urea groups is 1. The van der Waals surface area contributed by atoms with Crippen molar-refractivity contribution in [2.75, 3.05) is 16.8 Å². The van der Waals surface area contributed by atoms with Crippen LogP contribution in [0.2, 0.25) is 0 Å². The third kappa shape index (κ3) is 3.32. The lowest BCUT2D eigenvalue weighted by atomic mass is 10.1. The minimum Gasteiger partial charge on any atom is -0.307 e. The Morgan fingerprint density at radius 3 is 2.50 bits per heavy atom. The first-order chi connectivity index (χ1) is 11.6. The lowest BCUT2D eigenvalue weighted by molar-refractivity contribution is 0.259. The van der Waals surface area contributed by atoms with Crippen LogP contribution in [0.25, 0.3) is 0 Å². The van der Waals surface area contributed by atoms with E-state index in [2.05, 4.69) is 24.2 Å². The van der Waals surface area contributed by atoms with Crippen LogP contribution in [0.3, 0.4) is 0 Å². The smallest absolute Gasteiger partial charge is 0.307 e. The highest BCUT2D eigenvalue weighted by molar-refractivity contribution is 6.20. The second-order valence-corrected chi connectivity index (χ2v) is 6.25. The van der Waals surface area contributed by atoms with Gasteiger partial charge in [0.1, 0.15) is 5.84 Å². The zero-order chi connectivity index (χ0) is 17.1. The molecule has 0 atom stereocenters. The first-order valence-corrected chi connectivity index (χ1v) is 8.33. The van der Waals surface area contributed by atoms with Gasteiger partial charge in [0.25, 0.3) is 0 Å². The molecule has 0 aromatic heterocycles. The molecule has 0 saturated heterocycles. The van der Waals surface area contributed by atoms with Gasteiger partial charge in [0.15, 0.2) is 0 Å². The summed E-state index contributed by atoms with van der Waals surface area (Å²) in [6.07, 6.45) is 1.82. The number of hydrogen-bond acceptors (Lipinski definition) is 2. The normalized spacial score (nSPS) is 13.5. The quantitative estimate of drug-likeness (QED) is 0.845. The molecular weight excluding hydrogens is 298 g/mol. The van der Waals surface area contributed by atoms with Crippen molar-refractivity contribution >= 4 is 23.2 Å². The third-order valence-electron chi connectivity index (χ3n) is 4.45. The van der Waals surface area contributed by atoms with E-state index in [0.717, 1.165) is 42.2 Å². The number of benzene rings is 2. The molecule has 1 heterocycles.